The second kappa shape index (κ2) is 5.74. The van der Waals surface area contributed by atoms with E-state index in [4.69, 9.17) is 5.73 Å². The minimum atomic E-state index is -0.0165. The van der Waals surface area contributed by atoms with Gasteiger partial charge in [-0.2, -0.15) is 5.10 Å². The fraction of sp³-hybridized carbons (Fsp3) is 0.714. The van der Waals surface area contributed by atoms with E-state index in [9.17, 15) is 4.79 Å². The van der Waals surface area contributed by atoms with Crippen LogP contribution in [-0.2, 0) is 6.54 Å². The van der Waals surface area contributed by atoms with Crippen molar-refractivity contribution in [3.8, 4) is 0 Å². The largest absolute Gasteiger partial charge is 0.370 e. The zero-order valence-corrected chi connectivity index (χ0v) is 11.9. The van der Waals surface area contributed by atoms with Crippen molar-refractivity contribution in [2.75, 3.05) is 24.5 Å². The first-order chi connectivity index (χ1) is 9.02. The van der Waals surface area contributed by atoms with Crippen molar-refractivity contribution in [3.63, 3.8) is 0 Å². The molecule has 1 aromatic rings. The summed E-state index contributed by atoms with van der Waals surface area (Å²) in [4.78, 5) is 14.3. The predicted octanol–water partition coefficient (Wildman–Crippen LogP) is 1.22. The first-order valence-electron chi connectivity index (χ1n) is 7.04. The Labute approximate surface area is 114 Å². The highest BCUT2D eigenvalue weighted by Crippen LogP contribution is 2.19. The van der Waals surface area contributed by atoms with Gasteiger partial charge in [-0.25, -0.2) is 4.68 Å². The summed E-state index contributed by atoms with van der Waals surface area (Å²) in [7, 11) is 0. The van der Waals surface area contributed by atoms with Crippen LogP contribution < -0.4 is 16.2 Å². The van der Waals surface area contributed by atoms with Gasteiger partial charge in [-0.15, -0.1) is 0 Å². The lowest BCUT2D eigenvalue weighted by molar-refractivity contribution is 0.313. The quantitative estimate of drug-likeness (QED) is 0.868. The Morgan fingerprint density at radius 1 is 1.37 bits per heavy atom. The molecule has 5 nitrogen and oxygen atoms in total. The molecular weight excluding hydrogens is 240 g/mol. The number of hydrogen-bond donors (Lipinski definition) is 1. The third-order valence-electron chi connectivity index (χ3n) is 3.88. The lowest BCUT2D eigenvalue weighted by Gasteiger charge is -2.22. The Hall–Kier alpha value is -1.36. The SMILES string of the molecule is CC(C)(CN)CCn1ncc(N2CCCC2)cc1=O. The standard InChI is InChI=1S/C14H24N4O/c1-14(2,11-15)5-8-18-13(19)9-12(10-16-18)17-6-3-4-7-17/h9-10H,3-8,11,15H2,1-2H3. The Morgan fingerprint density at radius 3 is 2.63 bits per heavy atom. The maximum absolute atomic E-state index is 12.0. The highest BCUT2D eigenvalue weighted by Gasteiger charge is 2.17. The van der Waals surface area contributed by atoms with Crippen LogP contribution in [0.1, 0.15) is 33.1 Å². The molecule has 0 spiro atoms. The van der Waals surface area contributed by atoms with E-state index in [1.807, 2.05) is 6.20 Å². The molecule has 2 rings (SSSR count). The molecule has 0 amide bonds. The van der Waals surface area contributed by atoms with Crippen LogP contribution >= 0.6 is 0 Å². The fourth-order valence-electron chi connectivity index (χ4n) is 2.25. The molecule has 0 bridgehead atoms. The van der Waals surface area contributed by atoms with Crippen molar-refractivity contribution in [1.82, 2.24) is 9.78 Å². The highest BCUT2D eigenvalue weighted by molar-refractivity contribution is 5.43. The lowest BCUT2D eigenvalue weighted by atomic mass is 9.90. The molecule has 1 aliphatic rings. The van der Waals surface area contributed by atoms with E-state index in [0.717, 1.165) is 25.2 Å². The normalized spacial score (nSPS) is 16.1. The van der Waals surface area contributed by atoms with E-state index in [1.165, 1.54) is 17.5 Å². The monoisotopic (exact) mass is 264 g/mol. The van der Waals surface area contributed by atoms with E-state index in [2.05, 4.69) is 23.8 Å². The molecule has 0 saturated carbocycles. The van der Waals surface area contributed by atoms with Crippen LogP contribution in [0.5, 0.6) is 0 Å². The smallest absolute Gasteiger partial charge is 0.268 e. The van der Waals surface area contributed by atoms with Gasteiger partial charge < -0.3 is 10.6 Å². The third-order valence-corrected chi connectivity index (χ3v) is 3.88. The average molecular weight is 264 g/mol. The van der Waals surface area contributed by atoms with Gasteiger partial charge in [-0.1, -0.05) is 13.8 Å². The van der Waals surface area contributed by atoms with Gasteiger partial charge in [0.1, 0.15) is 0 Å². The summed E-state index contributed by atoms with van der Waals surface area (Å²) in [5, 5.41) is 4.28. The maximum Gasteiger partial charge on any atom is 0.268 e. The number of nitrogens with two attached hydrogens (primary N) is 1. The van der Waals surface area contributed by atoms with E-state index >= 15 is 0 Å². The van der Waals surface area contributed by atoms with Gasteiger partial charge in [0.05, 0.1) is 11.9 Å². The minimum absolute atomic E-state index is 0.0165. The summed E-state index contributed by atoms with van der Waals surface area (Å²) in [6.45, 7) is 7.53. The number of aromatic nitrogens is 2. The van der Waals surface area contributed by atoms with E-state index in [1.54, 1.807) is 6.07 Å². The zero-order valence-electron chi connectivity index (χ0n) is 11.9. The second-order valence-electron chi connectivity index (χ2n) is 6.09. The first-order valence-corrected chi connectivity index (χ1v) is 7.04. The van der Waals surface area contributed by atoms with Gasteiger partial charge >= 0.3 is 0 Å². The van der Waals surface area contributed by atoms with Crippen LogP contribution in [0.3, 0.4) is 0 Å². The van der Waals surface area contributed by atoms with E-state index in [-0.39, 0.29) is 11.0 Å². The summed E-state index contributed by atoms with van der Waals surface area (Å²) in [5.74, 6) is 0. The van der Waals surface area contributed by atoms with Gasteiger partial charge in [0.25, 0.3) is 5.56 Å². The molecule has 106 valence electrons. The molecule has 2 heterocycles. The molecule has 19 heavy (non-hydrogen) atoms. The summed E-state index contributed by atoms with van der Waals surface area (Å²) < 4.78 is 1.54. The van der Waals surface area contributed by atoms with Gasteiger partial charge in [-0.3, -0.25) is 4.79 Å². The molecule has 2 N–H and O–H groups in total. The van der Waals surface area contributed by atoms with Crippen molar-refractivity contribution >= 4 is 5.69 Å². The predicted molar refractivity (Wildman–Crippen MR) is 77.4 cm³/mol. The Kier molecular flexibility index (Phi) is 4.24. The van der Waals surface area contributed by atoms with Crippen molar-refractivity contribution < 1.29 is 0 Å². The topological polar surface area (TPSA) is 64.2 Å². The van der Waals surface area contributed by atoms with Crippen molar-refractivity contribution in [2.45, 2.75) is 39.7 Å². The molecule has 0 aliphatic carbocycles. The molecule has 0 unspecified atom stereocenters. The van der Waals surface area contributed by atoms with Crippen LogP contribution in [0.4, 0.5) is 5.69 Å². The van der Waals surface area contributed by atoms with E-state index in [0.29, 0.717) is 13.1 Å². The average Bonchev–Trinajstić information content (AvgIpc) is 2.91. The molecule has 0 aromatic carbocycles. The van der Waals surface area contributed by atoms with Crippen LogP contribution in [0, 0.1) is 5.41 Å². The van der Waals surface area contributed by atoms with Gasteiger partial charge in [0.15, 0.2) is 0 Å². The summed E-state index contributed by atoms with van der Waals surface area (Å²) in [6.07, 6.45) is 5.07. The lowest BCUT2D eigenvalue weighted by Crippen LogP contribution is -2.30. The number of anilines is 1. The molecule has 0 radical (unpaired) electrons. The van der Waals surface area contributed by atoms with Crippen LogP contribution in [0.15, 0.2) is 17.1 Å². The van der Waals surface area contributed by atoms with Crippen LogP contribution in [0.25, 0.3) is 0 Å². The van der Waals surface area contributed by atoms with Crippen LogP contribution in [0.2, 0.25) is 0 Å². The molecular formula is C14H24N4O. The first kappa shape index (κ1) is 14.1. The van der Waals surface area contributed by atoms with Gasteiger partial charge in [0.2, 0.25) is 0 Å². The van der Waals surface area contributed by atoms with E-state index < -0.39 is 0 Å². The van der Waals surface area contributed by atoms with Crippen LogP contribution in [-0.4, -0.2) is 29.4 Å². The van der Waals surface area contributed by atoms with Crippen molar-refractivity contribution in [1.29, 1.82) is 0 Å². The molecule has 5 heteroatoms. The Bertz CT molecular complexity index is 475. The molecule has 1 saturated heterocycles. The molecule has 0 atom stereocenters. The van der Waals surface area contributed by atoms with Gasteiger partial charge in [0, 0.05) is 25.7 Å². The summed E-state index contributed by atoms with van der Waals surface area (Å²) in [5.41, 5.74) is 6.69. The number of rotatable bonds is 5. The van der Waals surface area contributed by atoms with Crippen molar-refractivity contribution in [3.05, 3.63) is 22.6 Å². The van der Waals surface area contributed by atoms with Crippen molar-refractivity contribution in [2.24, 2.45) is 11.1 Å². The summed E-state index contributed by atoms with van der Waals surface area (Å²) in [6, 6.07) is 1.70. The second-order valence-corrected chi connectivity index (χ2v) is 6.09. The Balaban J connectivity index is 2.05. The molecule has 1 fully saturated rings. The maximum atomic E-state index is 12.0. The highest BCUT2D eigenvalue weighted by atomic mass is 16.1. The number of aryl methyl sites for hydroxylation is 1. The zero-order chi connectivity index (χ0) is 13.9. The Morgan fingerprint density at radius 2 is 2.05 bits per heavy atom. The third kappa shape index (κ3) is 3.56. The fourth-order valence-corrected chi connectivity index (χ4v) is 2.25. The van der Waals surface area contributed by atoms with Gasteiger partial charge in [-0.05, 0) is 31.2 Å². The summed E-state index contributed by atoms with van der Waals surface area (Å²) >= 11 is 0. The molecule has 1 aromatic heterocycles. The number of nitrogens with zero attached hydrogens (tertiary/aromatic N) is 3. The minimum Gasteiger partial charge on any atom is -0.370 e. The molecule has 1 aliphatic heterocycles. The number of hydrogen-bond acceptors (Lipinski definition) is 4.